The lowest BCUT2D eigenvalue weighted by atomic mass is 9.69. The van der Waals surface area contributed by atoms with E-state index in [4.69, 9.17) is 0 Å². The first-order valence-corrected chi connectivity index (χ1v) is 7.87. The number of hydrogen-bond donors (Lipinski definition) is 0. The Morgan fingerprint density at radius 2 is 1.78 bits per heavy atom. The van der Waals surface area contributed by atoms with E-state index < -0.39 is 17.5 Å². The largest absolute Gasteiger partial charge is 0.299 e. The minimum Gasteiger partial charge on any atom is -0.299 e. The van der Waals surface area contributed by atoms with E-state index in [1.165, 1.54) is 17.9 Å². The van der Waals surface area contributed by atoms with E-state index in [1.807, 2.05) is 24.3 Å². The zero-order chi connectivity index (χ0) is 16.1. The number of Topliss-reactive ketones (excluding diaryl/α,β-unsaturated/α-hetero) is 3. The van der Waals surface area contributed by atoms with E-state index >= 15 is 0 Å². The molecule has 2 unspecified atom stereocenters. The summed E-state index contributed by atoms with van der Waals surface area (Å²) in [4.78, 5) is 36.2. The molecule has 0 saturated heterocycles. The maximum absolute atomic E-state index is 12.4. The first kappa shape index (κ1) is 14.1. The Labute approximate surface area is 134 Å². The summed E-state index contributed by atoms with van der Waals surface area (Å²) < 4.78 is 0. The van der Waals surface area contributed by atoms with Gasteiger partial charge in [-0.05, 0) is 59.7 Å². The third-order valence-electron chi connectivity index (χ3n) is 5.04. The Kier molecular flexibility index (Phi) is 3.05. The summed E-state index contributed by atoms with van der Waals surface area (Å²) in [6, 6.07) is 12.3. The van der Waals surface area contributed by atoms with Crippen molar-refractivity contribution in [3.8, 4) is 0 Å². The monoisotopic (exact) mass is 304 g/mol. The van der Waals surface area contributed by atoms with Crippen LogP contribution in [0.3, 0.4) is 0 Å². The van der Waals surface area contributed by atoms with Gasteiger partial charge in [-0.15, -0.1) is 0 Å². The van der Waals surface area contributed by atoms with Crippen molar-refractivity contribution in [2.75, 3.05) is 0 Å². The number of benzene rings is 2. The average Bonchev–Trinajstić information content (AvgIpc) is 2.54. The normalized spacial score (nSPS) is 23.3. The molecule has 4 rings (SSSR count). The van der Waals surface area contributed by atoms with Crippen molar-refractivity contribution in [1.82, 2.24) is 0 Å². The van der Waals surface area contributed by atoms with Crippen LogP contribution in [-0.2, 0) is 20.8 Å². The van der Waals surface area contributed by atoms with Gasteiger partial charge in [-0.3, -0.25) is 14.4 Å². The molecule has 1 fully saturated rings. The van der Waals surface area contributed by atoms with Gasteiger partial charge in [0.2, 0.25) is 11.6 Å². The molecule has 3 nitrogen and oxygen atoms in total. The lowest BCUT2D eigenvalue weighted by molar-refractivity contribution is -0.142. The summed E-state index contributed by atoms with van der Waals surface area (Å²) >= 11 is 0. The molecule has 23 heavy (non-hydrogen) atoms. The zero-order valence-corrected chi connectivity index (χ0v) is 12.8. The van der Waals surface area contributed by atoms with Gasteiger partial charge in [0.15, 0.2) is 0 Å². The fourth-order valence-corrected chi connectivity index (χ4v) is 3.78. The average molecular weight is 304 g/mol. The highest BCUT2D eigenvalue weighted by Gasteiger charge is 2.42. The third kappa shape index (κ3) is 2.15. The van der Waals surface area contributed by atoms with Gasteiger partial charge in [0.25, 0.3) is 0 Å². The molecule has 0 spiro atoms. The van der Waals surface area contributed by atoms with Crippen molar-refractivity contribution >= 4 is 34.2 Å². The molecule has 2 aliphatic carbocycles. The second kappa shape index (κ2) is 4.98. The predicted molar refractivity (Wildman–Crippen MR) is 87.9 cm³/mol. The summed E-state index contributed by atoms with van der Waals surface area (Å²) in [6.07, 6.45) is 3.03. The molecule has 3 heteroatoms. The molecule has 0 aliphatic heterocycles. The number of rotatable bonds is 1. The summed E-state index contributed by atoms with van der Waals surface area (Å²) in [5.41, 5.74) is 2.77. The molecular weight excluding hydrogens is 288 g/mol. The van der Waals surface area contributed by atoms with Gasteiger partial charge >= 0.3 is 0 Å². The van der Waals surface area contributed by atoms with Gasteiger partial charge in [0.05, 0.1) is 5.92 Å². The van der Waals surface area contributed by atoms with Crippen LogP contribution in [0, 0.1) is 11.8 Å². The third-order valence-corrected chi connectivity index (χ3v) is 5.04. The van der Waals surface area contributed by atoms with Gasteiger partial charge in [0.1, 0.15) is 5.78 Å². The van der Waals surface area contributed by atoms with Crippen LogP contribution in [0.5, 0.6) is 0 Å². The zero-order valence-electron chi connectivity index (χ0n) is 12.8. The quantitative estimate of drug-likeness (QED) is 0.601. The minimum atomic E-state index is -0.758. The molecule has 2 atom stereocenters. The molecule has 0 bridgehead atoms. The van der Waals surface area contributed by atoms with Crippen LogP contribution in [0.1, 0.15) is 24.5 Å². The smallest absolute Gasteiger partial charge is 0.225 e. The topological polar surface area (TPSA) is 51.2 Å². The summed E-state index contributed by atoms with van der Waals surface area (Å²) in [5.74, 6) is -1.99. The lowest BCUT2D eigenvalue weighted by Gasteiger charge is -2.32. The second-order valence-electron chi connectivity index (χ2n) is 6.49. The molecule has 0 radical (unpaired) electrons. The molecular formula is C20H16O3. The van der Waals surface area contributed by atoms with Crippen LogP contribution in [0.4, 0.5) is 0 Å². The van der Waals surface area contributed by atoms with Crippen LogP contribution >= 0.6 is 0 Å². The molecule has 0 aromatic heterocycles. The van der Waals surface area contributed by atoms with Crippen LogP contribution in [-0.4, -0.2) is 17.3 Å². The van der Waals surface area contributed by atoms with Crippen molar-refractivity contribution in [3.63, 3.8) is 0 Å². The van der Waals surface area contributed by atoms with Crippen LogP contribution in [0.2, 0.25) is 0 Å². The standard InChI is InChI=1S/C20H16O3/c1-11(21)17-10-16-8-14-6-12-4-2-3-5-13(12)7-15(14)9-18(16)20(23)19(17)22/h2-7,9,16-17H,8,10H2,1H3. The fraction of sp³-hybridized carbons (Fsp3) is 0.250. The van der Waals surface area contributed by atoms with Crippen LogP contribution in [0.25, 0.3) is 16.8 Å². The predicted octanol–water partition coefficient (Wildman–Crippen LogP) is 3.14. The molecule has 114 valence electrons. The first-order valence-electron chi connectivity index (χ1n) is 7.87. The molecule has 0 N–H and O–H groups in total. The Hall–Kier alpha value is -2.55. The summed E-state index contributed by atoms with van der Waals surface area (Å²) in [5, 5.41) is 2.29. The Bertz CT molecular complexity index is 904. The van der Waals surface area contributed by atoms with Gasteiger partial charge in [-0.25, -0.2) is 0 Å². The number of hydrogen-bond acceptors (Lipinski definition) is 3. The van der Waals surface area contributed by atoms with E-state index in [2.05, 4.69) is 18.2 Å². The van der Waals surface area contributed by atoms with Crippen molar-refractivity contribution in [2.24, 2.45) is 11.8 Å². The highest BCUT2D eigenvalue weighted by atomic mass is 16.2. The van der Waals surface area contributed by atoms with Crippen LogP contribution in [0.15, 0.2) is 42.0 Å². The van der Waals surface area contributed by atoms with Crippen LogP contribution < -0.4 is 0 Å². The van der Waals surface area contributed by atoms with E-state index in [9.17, 15) is 14.4 Å². The van der Waals surface area contributed by atoms with Crippen molar-refractivity contribution in [1.29, 1.82) is 0 Å². The fourth-order valence-electron chi connectivity index (χ4n) is 3.78. The van der Waals surface area contributed by atoms with E-state index in [-0.39, 0.29) is 11.7 Å². The molecule has 2 aromatic carbocycles. The molecule has 2 aliphatic rings. The number of fused-ring (bicyclic) bond motifs is 3. The SMILES string of the molecule is CC(=O)C1CC2Cc3cc4ccccc4cc3C=C2C(=O)C1=O. The van der Waals surface area contributed by atoms with E-state index in [0.717, 1.165) is 17.4 Å². The first-order chi connectivity index (χ1) is 11.0. The summed E-state index contributed by atoms with van der Waals surface area (Å²) in [6.45, 7) is 1.40. The Morgan fingerprint density at radius 3 is 2.48 bits per heavy atom. The van der Waals surface area contributed by atoms with Gasteiger partial charge < -0.3 is 0 Å². The molecule has 2 aromatic rings. The lowest BCUT2D eigenvalue weighted by Crippen LogP contribution is -2.40. The van der Waals surface area contributed by atoms with Crippen molar-refractivity contribution in [2.45, 2.75) is 19.8 Å². The van der Waals surface area contributed by atoms with Crippen molar-refractivity contribution < 1.29 is 14.4 Å². The molecule has 0 heterocycles. The van der Waals surface area contributed by atoms with Gasteiger partial charge in [-0.1, -0.05) is 30.3 Å². The van der Waals surface area contributed by atoms with E-state index in [0.29, 0.717) is 12.0 Å². The number of allylic oxidation sites excluding steroid dienone is 1. The minimum absolute atomic E-state index is 0.0252. The summed E-state index contributed by atoms with van der Waals surface area (Å²) in [7, 11) is 0. The number of ketones is 3. The Balaban J connectivity index is 1.83. The number of carbonyl (C=O) groups is 3. The molecule has 1 saturated carbocycles. The number of carbonyl (C=O) groups excluding carboxylic acids is 3. The maximum atomic E-state index is 12.4. The van der Waals surface area contributed by atoms with Crippen molar-refractivity contribution in [3.05, 3.63) is 53.1 Å². The van der Waals surface area contributed by atoms with E-state index in [1.54, 1.807) is 0 Å². The van der Waals surface area contributed by atoms with Gasteiger partial charge in [-0.2, -0.15) is 0 Å². The second-order valence-corrected chi connectivity index (χ2v) is 6.49. The Morgan fingerprint density at radius 1 is 1.09 bits per heavy atom. The highest BCUT2D eigenvalue weighted by Crippen LogP contribution is 2.39. The molecule has 0 amide bonds. The maximum Gasteiger partial charge on any atom is 0.225 e. The van der Waals surface area contributed by atoms with Gasteiger partial charge in [0, 0.05) is 5.57 Å². The highest BCUT2D eigenvalue weighted by molar-refractivity contribution is 6.48.